The van der Waals surface area contributed by atoms with Crippen LogP contribution in [0.1, 0.15) is 19.3 Å². The molecule has 1 unspecified atom stereocenters. The maximum Gasteiger partial charge on any atom is 0.168 e. The van der Waals surface area contributed by atoms with E-state index in [9.17, 15) is 8.76 Å². The lowest BCUT2D eigenvalue weighted by Crippen LogP contribution is -2.35. The average Bonchev–Trinajstić information content (AvgIpc) is 3.13. The van der Waals surface area contributed by atoms with Crippen LogP contribution in [0.5, 0.6) is 0 Å². The SMILES string of the molecule is O=S([O-])NCCC1CCN(c2ncnc3c2cnn3-c2ccccc2)CC1. The lowest BCUT2D eigenvalue weighted by Gasteiger charge is -2.33. The molecule has 0 spiro atoms. The number of aromatic nitrogens is 4. The van der Waals surface area contributed by atoms with Gasteiger partial charge in [0, 0.05) is 30.9 Å². The van der Waals surface area contributed by atoms with E-state index in [0.717, 1.165) is 54.9 Å². The zero-order chi connectivity index (χ0) is 18.6. The normalized spacial score (nSPS) is 16.7. The van der Waals surface area contributed by atoms with Gasteiger partial charge in [0.2, 0.25) is 0 Å². The molecule has 1 aromatic carbocycles. The Balaban J connectivity index is 1.49. The van der Waals surface area contributed by atoms with E-state index in [1.807, 2.05) is 41.2 Å². The van der Waals surface area contributed by atoms with Gasteiger partial charge in [0.1, 0.15) is 12.1 Å². The fourth-order valence-corrected chi connectivity index (χ4v) is 3.91. The Morgan fingerprint density at radius 1 is 1.19 bits per heavy atom. The van der Waals surface area contributed by atoms with Crippen LogP contribution in [0, 0.1) is 5.92 Å². The molecule has 3 heterocycles. The molecule has 1 N–H and O–H groups in total. The van der Waals surface area contributed by atoms with E-state index in [2.05, 4.69) is 24.7 Å². The smallest absolute Gasteiger partial charge is 0.168 e. The van der Waals surface area contributed by atoms with Crippen molar-refractivity contribution in [3.05, 3.63) is 42.9 Å². The molecule has 4 rings (SSSR count). The Labute approximate surface area is 160 Å². The van der Waals surface area contributed by atoms with Crippen molar-refractivity contribution in [2.45, 2.75) is 19.3 Å². The molecule has 1 aliphatic heterocycles. The van der Waals surface area contributed by atoms with Crippen LogP contribution in [0.3, 0.4) is 0 Å². The molecule has 0 bridgehead atoms. The fourth-order valence-electron chi connectivity index (χ4n) is 3.62. The Kier molecular flexibility index (Phi) is 5.42. The molecular formula is C18H21N6O2S-. The Bertz CT molecular complexity index is 924. The number of piperidine rings is 1. The summed E-state index contributed by atoms with van der Waals surface area (Å²) < 4.78 is 25.4. The van der Waals surface area contributed by atoms with Crippen LogP contribution >= 0.6 is 0 Å². The van der Waals surface area contributed by atoms with Crippen molar-refractivity contribution >= 4 is 28.1 Å². The molecule has 0 amide bonds. The molecule has 1 aliphatic rings. The van der Waals surface area contributed by atoms with Gasteiger partial charge in [-0.15, -0.1) is 0 Å². The summed E-state index contributed by atoms with van der Waals surface area (Å²) in [5.74, 6) is 1.45. The van der Waals surface area contributed by atoms with Gasteiger partial charge < -0.3 is 9.45 Å². The molecular weight excluding hydrogens is 364 g/mol. The Morgan fingerprint density at radius 2 is 1.96 bits per heavy atom. The number of anilines is 1. The number of benzene rings is 1. The molecule has 9 heteroatoms. The van der Waals surface area contributed by atoms with Gasteiger partial charge in [-0.25, -0.2) is 19.4 Å². The number of rotatable bonds is 6. The molecule has 1 atom stereocenters. The van der Waals surface area contributed by atoms with Crippen LogP contribution in [0.15, 0.2) is 42.9 Å². The van der Waals surface area contributed by atoms with Gasteiger partial charge in [-0.1, -0.05) is 18.2 Å². The number of para-hydroxylation sites is 1. The molecule has 1 saturated heterocycles. The highest BCUT2D eigenvalue weighted by molar-refractivity contribution is 7.77. The zero-order valence-corrected chi connectivity index (χ0v) is 15.6. The Hall–Kier alpha value is -2.36. The van der Waals surface area contributed by atoms with Crippen molar-refractivity contribution in [1.82, 2.24) is 24.5 Å². The second kappa shape index (κ2) is 8.12. The van der Waals surface area contributed by atoms with Gasteiger partial charge in [-0.2, -0.15) is 5.10 Å². The first kappa shape index (κ1) is 18.0. The predicted molar refractivity (Wildman–Crippen MR) is 103 cm³/mol. The summed E-state index contributed by atoms with van der Waals surface area (Å²) in [6, 6.07) is 9.94. The highest BCUT2D eigenvalue weighted by Gasteiger charge is 2.22. The number of nitrogens with zero attached hydrogens (tertiary/aromatic N) is 5. The maximum absolute atomic E-state index is 10.6. The van der Waals surface area contributed by atoms with Crippen LogP contribution in [0.25, 0.3) is 16.7 Å². The number of fused-ring (bicyclic) bond motifs is 1. The van der Waals surface area contributed by atoms with Crippen molar-refractivity contribution in [1.29, 1.82) is 0 Å². The summed E-state index contributed by atoms with van der Waals surface area (Å²) in [5.41, 5.74) is 1.77. The zero-order valence-electron chi connectivity index (χ0n) is 14.8. The van der Waals surface area contributed by atoms with Crippen molar-refractivity contribution in [3.63, 3.8) is 0 Å². The van der Waals surface area contributed by atoms with E-state index in [1.54, 1.807) is 6.33 Å². The predicted octanol–water partition coefficient (Wildman–Crippen LogP) is 1.81. The summed E-state index contributed by atoms with van der Waals surface area (Å²) in [7, 11) is 0. The van der Waals surface area contributed by atoms with Crippen LogP contribution in [-0.2, 0) is 11.3 Å². The lowest BCUT2D eigenvalue weighted by atomic mass is 9.93. The van der Waals surface area contributed by atoms with Gasteiger partial charge in [-0.05, 0) is 37.3 Å². The Morgan fingerprint density at radius 3 is 2.70 bits per heavy atom. The molecule has 2 aromatic heterocycles. The van der Waals surface area contributed by atoms with Crippen LogP contribution in [-0.4, -0.2) is 48.1 Å². The van der Waals surface area contributed by atoms with Gasteiger partial charge in [0.05, 0.1) is 17.3 Å². The molecule has 8 nitrogen and oxygen atoms in total. The minimum absolute atomic E-state index is 0.502. The second-order valence-electron chi connectivity index (χ2n) is 6.67. The first-order valence-corrected chi connectivity index (χ1v) is 10.1. The van der Waals surface area contributed by atoms with Crippen molar-refractivity contribution in [2.24, 2.45) is 5.92 Å². The number of nitrogens with one attached hydrogen (secondary N) is 1. The van der Waals surface area contributed by atoms with Gasteiger partial charge >= 0.3 is 0 Å². The van der Waals surface area contributed by atoms with Crippen molar-refractivity contribution < 1.29 is 8.76 Å². The third-order valence-electron chi connectivity index (χ3n) is 5.03. The molecule has 1 fully saturated rings. The van der Waals surface area contributed by atoms with Gasteiger partial charge in [0.25, 0.3) is 0 Å². The summed E-state index contributed by atoms with van der Waals surface area (Å²) in [5, 5.41) is 5.46. The van der Waals surface area contributed by atoms with E-state index < -0.39 is 11.3 Å². The molecule has 0 aliphatic carbocycles. The lowest BCUT2D eigenvalue weighted by molar-refractivity contribution is 0.380. The van der Waals surface area contributed by atoms with E-state index in [1.165, 1.54) is 0 Å². The van der Waals surface area contributed by atoms with Crippen LogP contribution in [0.4, 0.5) is 5.82 Å². The van der Waals surface area contributed by atoms with E-state index >= 15 is 0 Å². The average molecular weight is 385 g/mol. The minimum Gasteiger partial charge on any atom is -0.760 e. The monoisotopic (exact) mass is 385 g/mol. The number of hydrogen-bond donors (Lipinski definition) is 1. The highest BCUT2D eigenvalue weighted by Crippen LogP contribution is 2.29. The first-order chi connectivity index (χ1) is 13.2. The van der Waals surface area contributed by atoms with E-state index in [0.29, 0.717) is 12.5 Å². The largest absolute Gasteiger partial charge is 0.760 e. The standard InChI is InChI=1S/C18H22N6O2S/c25-27(26)22-9-6-14-7-10-23(11-8-14)17-16-12-21-24(18(16)20-13-19-17)15-4-2-1-3-5-15/h1-5,12-14,22H,6-11H2,(H,25,26)/p-1. The van der Waals surface area contributed by atoms with Gasteiger partial charge in [0.15, 0.2) is 5.65 Å². The quantitative estimate of drug-likeness (QED) is 0.650. The van der Waals surface area contributed by atoms with E-state index in [-0.39, 0.29) is 0 Å². The van der Waals surface area contributed by atoms with Gasteiger partial charge in [-0.3, -0.25) is 4.21 Å². The summed E-state index contributed by atoms with van der Waals surface area (Å²) in [4.78, 5) is 11.2. The first-order valence-electron chi connectivity index (χ1n) is 9.04. The summed E-state index contributed by atoms with van der Waals surface area (Å²) >= 11 is -2.17. The maximum atomic E-state index is 10.6. The van der Waals surface area contributed by atoms with Crippen molar-refractivity contribution in [2.75, 3.05) is 24.5 Å². The fraction of sp³-hybridized carbons (Fsp3) is 0.389. The third-order valence-corrected chi connectivity index (χ3v) is 5.47. The molecule has 142 valence electrons. The van der Waals surface area contributed by atoms with Crippen LogP contribution in [0.2, 0.25) is 0 Å². The molecule has 27 heavy (non-hydrogen) atoms. The van der Waals surface area contributed by atoms with Crippen molar-refractivity contribution in [3.8, 4) is 5.69 Å². The molecule has 0 radical (unpaired) electrons. The van der Waals surface area contributed by atoms with E-state index in [4.69, 9.17) is 0 Å². The second-order valence-corrected chi connectivity index (χ2v) is 7.43. The third kappa shape index (κ3) is 4.00. The highest BCUT2D eigenvalue weighted by atomic mass is 32.2. The topological polar surface area (TPSA) is 99.0 Å². The number of hydrogen-bond acceptors (Lipinski definition) is 6. The molecule has 0 saturated carbocycles. The van der Waals surface area contributed by atoms with Crippen LogP contribution < -0.4 is 9.62 Å². The summed E-state index contributed by atoms with van der Waals surface area (Å²) in [6.07, 6.45) is 6.33. The summed E-state index contributed by atoms with van der Waals surface area (Å²) in [6.45, 7) is 2.30. The molecule has 3 aromatic rings. The minimum atomic E-state index is -2.17.